The summed E-state index contributed by atoms with van der Waals surface area (Å²) in [5.41, 5.74) is 5.94. The number of fused-ring (bicyclic) bond motifs is 1. The molecule has 0 aliphatic carbocycles. The normalized spacial score (nSPS) is 15.4. The van der Waals surface area contributed by atoms with Gasteiger partial charge in [0.2, 0.25) is 11.8 Å². The number of pyridine rings is 1. The lowest BCUT2D eigenvalue weighted by Gasteiger charge is -2.27. The fraction of sp³-hybridized carbons (Fsp3) is 0.448. The predicted octanol–water partition coefficient (Wildman–Crippen LogP) is 4.03. The molecule has 1 aliphatic heterocycles. The van der Waals surface area contributed by atoms with Crippen LogP contribution >= 0.6 is 0 Å². The van der Waals surface area contributed by atoms with Crippen molar-refractivity contribution in [2.75, 3.05) is 29.9 Å². The molecular formula is C29H38N6O2. The fourth-order valence-electron chi connectivity index (χ4n) is 5.12. The predicted molar refractivity (Wildman–Crippen MR) is 146 cm³/mol. The van der Waals surface area contributed by atoms with E-state index in [0.29, 0.717) is 13.1 Å². The van der Waals surface area contributed by atoms with Crippen LogP contribution in [0.3, 0.4) is 0 Å². The van der Waals surface area contributed by atoms with Crippen molar-refractivity contribution in [3.05, 3.63) is 70.8 Å². The molecule has 0 radical (unpaired) electrons. The Bertz CT molecular complexity index is 1310. The van der Waals surface area contributed by atoms with E-state index in [1.165, 1.54) is 5.56 Å². The third-order valence-corrected chi connectivity index (χ3v) is 7.33. The van der Waals surface area contributed by atoms with E-state index < -0.39 is 5.41 Å². The first-order valence-corrected chi connectivity index (χ1v) is 12.9. The molecule has 1 aliphatic rings. The molecule has 3 heterocycles. The van der Waals surface area contributed by atoms with Crippen molar-refractivity contribution in [3.8, 4) is 0 Å². The monoisotopic (exact) mass is 502 g/mol. The van der Waals surface area contributed by atoms with E-state index >= 15 is 0 Å². The Balaban J connectivity index is 1.65. The van der Waals surface area contributed by atoms with Gasteiger partial charge in [0.1, 0.15) is 5.41 Å². The van der Waals surface area contributed by atoms with Gasteiger partial charge in [0.25, 0.3) is 0 Å². The lowest BCUT2D eigenvalue weighted by molar-refractivity contribution is -0.137. The van der Waals surface area contributed by atoms with Gasteiger partial charge in [-0.2, -0.15) is 5.10 Å². The van der Waals surface area contributed by atoms with Gasteiger partial charge >= 0.3 is 0 Å². The summed E-state index contributed by atoms with van der Waals surface area (Å²) < 4.78 is 1.94. The number of carbonyl (C=O) groups is 2. The summed E-state index contributed by atoms with van der Waals surface area (Å²) >= 11 is 0. The summed E-state index contributed by atoms with van der Waals surface area (Å²) in [6, 6.07) is 12.4. The molecule has 0 N–H and O–H groups in total. The standard InChI is InChI=1S/C29H38N6O2/c1-8-35-25-12-11-22(17-26(25)32(6)27(36)29(4,5)28(35)37)18-34(19-24-16-20(2)31-33(24)7)15-13-23-10-9-14-30-21(23)3/h9-12,14,16-17H,8,13,15,18-19H2,1-7H3. The second-order valence-electron chi connectivity index (χ2n) is 10.5. The number of aryl methyl sites for hydroxylation is 3. The first-order valence-electron chi connectivity index (χ1n) is 12.9. The number of hydrogen-bond donors (Lipinski definition) is 0. The van der Waals surface area contributed by atoms with Gasteiger partial charge in [-0.05, 0) is 76.4 Å². The largest absolute Gasteiger partial charge is 0.313 e. The van der Waals surface area contributed by atoms with Crippen LogP contribution in [-0.4, -0.2) is 51.6 Å². The minimum atomic E-state index is -1.12. The van der Waals surface area contributed by atoms with Crippen LogP contribution in [-0.2, 0) is 36.1 Å². The van der Waals surface area contributed by atoms with E-state index in [-0.39, 0.29) is 11.8 Å². The van der Waals surface area contributed by atoms with E-state index in [2.05, 4.69) is 39.2 Å². The van der Waals surface area contributed by atoms with Crippen molar-refractivity contribution in [2.45, 2.75) is 54.1 Å². The van der Waals surface area contributed by atoms with Crippen molar-refractivity contribution in [1.82, 2.24) is 19.7 Å². The quantitative estimate of drug-likeness (QED) is 0.435. The maximum absolute atomic E-state index is 13.3. The van der Waals surface area contributed by atoms with Crippen LogP contribution in [0.5, 0.6) is 0 Å². The van der Waals surface area contributed by atoms with Crippen LogP contribution in [0.2, 0.25) is 0 Å². The van der Waals surface area contributed by atoms with E-state index in [4.69, 9.17) is 0 Å². The molecule has 37 heavy (non-hydrogen) atoms. The Hall–Kier alpha value is -3.52. The van der Waals surface area contributed by atoms with Crippen LogP contribution in [0.1, 0.15) is 49.0 Å². The molecule has 8 heteroatoms. The van der Waals surface area contributed by atoms with Crippen molar-refractivity contribution in [1.29, 1.82) is 0 Å². The molecule has 0 saturated heterocycles. The van der Waals surface area contributed by atoms with Crippen LogP contribution in [0.25, 0.3) is 0 Å². The molecule has 2 amide bonds. The van der Waals surface area contributed by atoms with Crippen molar-refractivity contribution in [2.24, 2.45) is 12.5 Å². The lowest BCUT2D eigenvalue weighted by Crippen LogP contribution is -2.47. The molecule has 0 bridgehead atoms. The average Bonchev–Trinajstić information content (AvgIpc) is 3.17. The molecular weight excluding hydrogens is 464 g/mol. The van der Waals surface area contributed by atoms with Crippen LogP contribution < -0.4 is 9.80 Å². The molecule has 1 aromatic carbocycles. The minimum absolute atomic E-state index is 0.168. The molecule has 0 unspecified atom stereocenters. The number of carbonyl (C=O) groups excluding carboxylic acids is 2. The molecule has 4 rings (SSSR count). The summed E-state index contributed by atoms with van der Waals surface area (Å²) in [5, 5.41) is 4.53. The van der Waals surface area contributed by atoms with Gasteiger partial charge in [0.05, 0.1) is 22.8 Å². The summed E-state index contributed by atoms with van der Waals surface area (Å²) in [4.78, 5) is 36.7. The molecule has 196 valence electrons. The smallest absolute Gasteiger partial charge is 0.242 e. The zero-order valence-electron chi connectivity index (χ0n) is 23.1. The van der Waals surface area contributed by atoms with Gasteiger partial charge in [0, 0.05) is 52.2 Å². The van der Waals surface area contributed by atoms with Gasteiger partial charge < -0.3 is 9.80 Å². The van der Waals surface area contributed by atoms with Gasteiger partial charge in [-0.1, -0.05) is 12.1 Å². The van der Waals surface area contributed by atoms with Gasteiger partial charge in [-0.15, -0.1) is 0 Å². The molecule has 8 nitrogen and oxygen atoms in total. The molecule has 0 atom stereocenters. The Morgan fingerprint density at radius 3 is 2.38 bits per heavy atom. The third kappa shape index (κ3) is 5.30. The summed E-state index contributed by atoms with van der Waals surface area (Å²) in [6.45, 7) is 12.2. The number of anilines is 2. The summed E-state index contributed by atoms with van der Waals surface area (Å²) in [7, 11) is 3.74. The van der Waals surface area contributed by atoms with E-state index in [0.717, 1.165) is 53.5 Å². The highest BCUT2D eigenvalue weighted by atomic mass is 16.2. The van der Waals surface area contributed by atoms with Crippen molar-refractivity contribution in [3.63, 3.8) is 0 Å². The summed E-state index contributed by atoms with van der Waals surface area (Å²) in [5.74, 6) is -0.362. The van der Waals surface area contributed by atoms with Gasteiger partial charge in [-0.3, -0.25) is 24.2 Å². The number of hydrogen-bond acceptors (Lipinski definition) is 5. The Labute approximate surface area is 219 Å². The highest BCUT2D eigenvalue weighted by Crippen LogP contribution is 2.39. The highest BCUT2D eigenvalue weighted by Gasteiger charge is 2.45. The van der Waals surface area contributed by atoms with Crippen LogP contribution in [0, 0.1) is 19.3 Å². The maximum Gasteiger partial charge on any atom is 0.242 e. The summed E-state index contributed by atoms with van der Waals surface area (Å²) in [6.07, 6.45) is 2.71. The van der Waals surface area contributed by atoms with E-state index in [9.17, 15) is 9.59 Å². The highest BCUT2D eigenvalue weighted by molar-refractivity contribution is 6.19. The number of amides is 2. The van der Waals surface area contributed by atoms with E-state index in [1.54, 1.807) is 30.7 Å². The SMILES string of the molecule is CCN1C(=O)C(C)(C)C(=O)N(C)c2cc(CN(CCc3cccnc3C)Cc3cc(C)nn3C)ccc21. The first-order chi connectivity index (χ1) is 17.5. The van der Waals surface area contributed by atoms with Crippen molar-refractivity contribution >= 4 is 23.2 Å². The second-order valence-corrected chi connectivity index (χ2v) is 10.5. The minimum Gasteiger partial charge on any atom is -0.313 e. The lowest BCUT2D eigenvalue weighted by atomic mass is 9.90. The second kappa shape index (κ2) is 10.5. The van der Waals surface area contributed by atoms with E-state index in [1.807, 2.05) is 50.8 Å². The number of nitrogens with zero attached hydrogens (tertiary/aromatic N) is 6. The topological polar surface area (TPSA) is 74.6 Å². The molecule has 0 spiro atoms. The molecule has 0 fully saturated rings. The van der Waals surface area contributed by atoms with Gasteiger partial charge in [0.15, 0.2) is 0 Å². The number of rotatable bonds is 8. The molecule has 2 aromatic heterocycles. The Morgan fingerprint density at radius 1 is 0.973 bits per heavy atom. The number of aromatic nitrogens is 3. The van der Waals surface area contributed by atoms with Crippen LogP contribution in [0.15, 0.2) is 42.6 Å². The zero-order chi connectivity index (χ0) is 26.9. The zero-order valence-corrected chi connectivity index (χ0v) is 23.1. The Kier molecular flexibility index (Phi) is 7.50. The molecule has 3 aromatic rings. The number of benzene rings is 1. The van der Waals surface area contributed by atoms with Crippen LogP contribution in [0.4, 0.5) is 11.4 Å². The average molecular weight is 503 g/mol. The van der Waals surface area contributed by atoms with Gasteiger partial charge in [-0.25, -0.2) is 0 Å². The van der Waals surface area contributed by atoms with Crippen molar-refractivity contribution < 1.29 is 9.59 Å². The Morgan fingerprint density at radius 2 is 1.73 bits per heavy atom. The third-order valence-electron chi connectivity index (χ3n) is 7.33. The fourth-order valence-corrected chi connectivity index (χ4v) is 5.12. The maximum atomic E-state index is 13.3. The first kappa shape index (κ1) is 26.5. The molecule has 0 saturated carbocycles.